The molecule has 1 atom stereocenters. The molecule has 0 saturated carbocycles. The Kier molecular flexibility index (Phi) is 4.18. The zero-order valence-corrected chi connectivity index (χ0v) is 13.4. The van der Waals surface area contributed by atoms with Crippen LogP contribution in [0.2, 0.25) is 0 Å². The van der Waals surface area contributed by atoms with Crippen LogP contribution in [0, 0.1) is 6.92 Å². The molecule has 1 heteroatoms. The van der Waals surface area contributed by atoms with E-state index in [-0.39, 0.29) is 0 Å². The molecule has 0 amide bonds. The first kappa shape index (κ1) is 14.0. The van der Waals surface area contributed by atoms with Gasteiger partial charge in [-0.3, -0.25) is 0 Å². The average Bonchev–Trinajstić information content (AvgIpc) is 2.56. The summed E-state index contributed by atoms with van der Waals surface area (Å²) in [4.78, 5) is 0. The molecule has 21 heavy (non-hydrogen) atoms. The molecule has 3 aromatic rings. The van der Waals surface area contributed by atoms with E-state index in [9.17, 15) is 0 Å². The first-order valence-electron chi connectivity index (χ1n) is 7.23. The smallest absolute Gasteiger partial charge is 0.0128 e. The second-order valence-electron chi connectivity index (χ2n) is 5.34. The Balaban J connectivity index is 1.87. The summed E-state index contributed by atoms with van der Waals surface area (Å²) < 4.78 is 0. The lowest BCUT2D eigenvalue weighted by molar-refractivity contribution is 1.42. The molecule has 0 fully saturated rings. The van der Waals surface area contributed by atoms with Gasteiger partial charge in [-0.1, -0.05) is 78.4 Å². The van der Waals surface area contributed by atoms with Crippen molar-refractivity contribution in [1.29, 1.82) is 0 Å². The van der Waals surface area contributed by atoms with Gasteiger partial charge in [0.2, 0.25) is 0 Å². The van der Waals surface area contributed by atoms with Crippen molar-refractivity contribution in [1.82, 2.24) is 0 Å². The van der Waals surface area contributed by atoms with E-state index in [1.54, 1.807) is 0 Å². The van der Waals surface area contributed by atoms with Crippen molar-refractivity contribution in [3.63, 3.8) is 0 Å². The molecule has 0 nitrogen and oxygen atoms in total. The quantitative estimate of drug-likeness (QED) is 0.542. The molecule has 0 bridgehead atoms. The van der Waals surface area contributed by atoms with Crippen LogP contribution in [0.15, 0.2) is 72.8 Å². The maximum Gasteiger partial charge on any atom is -0.0128 e. The van der Waals surface area contributed by atoms with Crippen molar-refractivity contribution in [2.45, 2.75) is 13.1 Å². The summed E-state index contributed by atoms with van der Waals surface area (Å²) in [5, 5.41) is 0. The largest absolute Gasteiger partial charge is 0.133 e. The standard InChI is InChI=1S/C20H19P/c1-15-2-6-17(7-3-15)19-10-12-20(13-11-19)18-8-4-16(14-21)5-9-18/h2-13H,14,21H2,1H3. The van der Waals surface area contributed by atoms with Crippen molar-refractivity contribution in [2.24, 2.45) is 0 Å². The molecule has 1 unspecified atom stereocenters. The molecular weight excluding hydrogens is 271 g/mol. The fourth-order valence-corrected chi connectivity index (χ4v) is 2.71. The minimum Gasteiger partial charge on any atom is -0.133 e. The van der Waals surface area contributed by atoms with Crippen LogP contribution in [-0.4, -0.2) is 0 Å². The van der Waals surface area contributed by atoms with E-state index in [1.165, 1.54) is 33.4 Å². The Labute approximate surface area is 129 Å². The van der Waals surface area contributed by atoms with Crippen LogP contribution in [0.5, 0.6) is 0 Å². The van der Waals surface area contributed by atoms with Gasteiger partial charge in [-0.15, -0.1) is 9.24 Å². The van der Waals surface area contributed by atoms with Crippen LogP contribution in [0.4, 0.5) is 0 Å². The number of aryl methyl sites for hydroxylation is 1. The first-order chi connectivity index (χ1) is 10.3. The van der Waals surface area contributed by atoms with Crippen molar-refractivity contribution in [2.75, 3.05) is 0 Å². The lowest BCUT2D eigenvalue weighted by atomic mass is 9.99. The number of rotatable bonds is 3. The molecular formula is C20H19P. The van der Waals surface area contributed by atoms with Crippen molar-refractivity contribution in [3.05, 3.63) is 83.9 Å². The molecule has 0 radical (unpaired) electrons. The molecule has 3 rings (SSSR count). The summed E-state index contributed by atoms with van der Waals surface area (Å²) in [5.74, 6) is 0. The Bertz CT molecular complexity index is 707. The third kappa shape index (κ3) is 3.23. The van der Waals surface area contributed by atoms with Gasteiger partial charge >= 0.3 is 0 Å². The summed E-state index contributed by atoms with van der Waals surface area (Å²) >= 11 is 0. The Morgan fingerprint density at radius 2 is 0.905 bits per heavy atom. The van der Waals surface area contributed by atoms with Gasteiger partial charge in [0.15, 0.2) is 0 Å². The summed E-state index contributed by atoms with van der Waals surface area (Å²) in [7, 11) is 2.76. The van der Waals surface area contributed by atoms with Gasteiger partial charge in [-0.25, -0.2) is 0 Å². The van der Waals surface area contributed by atoms with Gasteiger partial charge in [-0.05, 0) is 40.9 Å². The summed E-state index contributed by atoms with van der Waals surface area (Å²) in [6, 6.07) is 26.2. The van der Waals surface area contributed by atoms with Gasteiger partial charge in [0, 0.05) is 0 Å². The van der Waals surface area contributed by atoms with Crippen LogP contribution in [0.1, 0.15) is 11.1 Å². The predicted octanol–water partition coefficient (Wildman–Crippen LogP) is 5.70. The Morgan fingerprint density at radius 3 is 1.29 bits per heavy atom. The van der Waals surface area contributed by atoms with E-state index in [0.29, 0.717) is 0 Å². The summed E-state index contributed by atoms with van der Waals surface area (Å²) in [6.07, 6.45) is 1.01. The highest BCUT2D eigenvalue weighted by Crippen LogP contribution is 2.25. The molecule has 0 aliphatic carbocycles. The maximum atomic E-state index is 2.76. The number of hydrogen-bond donors (Lipinski definition) is 0. The molecule has 0 aromatic heterocycles. The van der Waals surface area contributed by atoms with Gasteiger partial charge in [0.1, 0.15) is 0 Å². The van der Waals surface area contributed by atoms with Crippen LogP contribution < -0.4 is 0 Å². The fourth-order valence-electron chi connectivity index (χ4n) is 2.43. The van der Waals surface area contributed by atoms with Gasteiger partial charge < -0.3 is 0 Å². The number of benzene rings is 3. The topological polar surface area (TPSA) is 0 Å². The van der Waals surface area contributed by atoms with E-state index in [0.717, 1.165) is 6.16 Å². The van der Waals surface area contributed by atoms with Crippen LogP contribution in [-0.2, 0) is 6.16 Å². The van der Waals surface area contributed by atoms with Crippen molar-refractivity contribution < 1.29 is 0 Å². The van der Waals surface area contributed by atoms with Crippen LogP contribution >= 0.6 is 9.24 Å². The summed E-state index contributed by atoms with van der Waals surface area (Å²) in [5.41, 5.74) is 7.71. The first-order valence-corrected chi connectivity index (χ1v) is 8.04. The average molecular weight is 290 g/mol. The molecule has 0 aliphatic rings. The van der Waals surface area contributed by atoms with Crippen LogP contribution in [0.25, 0.3) is 22.3 Å². The van der Waals surface area contributed by atoms with E-state index in [4.69, 9.17) is 0 Å². The zero-order valence-electron chi connectivity index (χ0n) is 12.2. The second kappa shape index (κ2) is 6.24. The molecule has 0 heterocycles. The van der Waals surface area contributed by atoms with E-state index >= 15 is 0 Å². The van der Waals surface area contributed by atoms with Crippen molar-refractivity contribution >= 4 is 9.24 Å². The minimum absolute atomic E-state index is 1.01. The van der Waals surface area contributed by atoms with Crippen LogP contribution in [0.3, 0.4) is 0 Å². The second-order valence-corrected chi connectivity index (χ2v) is 5.75. The molecule has 0 N–H and O–H groups in total. The minimum atomic E-state index is 1.01. The fraction of sp³-hybridized carbons (Fsp3) is 0.100. The van der Waals surface area contributed by atoms with Gasteiger partial charge in [0.25, 0.3) is 0 Å². The molecule has 0 saturated heterocycles. The molecule has 3 aromatic carbocycles. The SMILES string of the molecule is Cc1ccc(-c2ccc(-c3ccc(CP)cc3)cc2)cc1. The normalized spacial score (nSPS) is 10.6. The third-order valence-corrected chi connectivity index (χ3v) is 4.26. The van der Waals surface area contributed by atoms with E-state index in [2.05, 4.69) is 89.0 Å². The van der Waals surface area contributed by atoms with E-state index < -0.39 is 0 Å². The highest BCUT2D eigenvalue weighted by Gasteiger charge is 2.00. The monoisotopic (exact) mass is 290 g/mol. The predicted molar refractivity (Wildman–Crippen MR) is 95.5 cm³/mol. The molecule has 104 valence electrons. The van der Waals surface area contributed by atoms with Gasteiger partial charge in [-0.2, -0.15) is 0 Å². The molecule has 0 aliphatic heterocycles. The highest BCUT2D eigenvalue weighted by atomic mass is 31.0. The zero-order chi connectivity index (χ0) is 14.7. The van der Waals surface area contributed by atoms with Gasteiger partial charge in [0.05, 0.1) is 0 Å². The summed E-state index contributed by atoms with van der Waals surface area (Å²) in [6.45, 7) is 2.12. The Morgan fingerprint density at radius 1 is 0.571 bits per heavy atom. The van der Waals surface area contributed by atoms with E-state index in [1.807, 2.05) is 0 Å². The molecule has 0 spiro atoms. The number of hydrogen-bond acceptors (Lipinski definition) is 0. The highest BCUT2D eigenvalue weighted by molar-refractivity contribution is 7.15. The van der Waals surface area contributed by atoms with Crippen molar-refractivity contribution in [3.8, 4) is 22.3 Å². The lowest BCUT2D eigenvalue weighted by Crippen LogP contribution is -1.82. The Hall–Kier alpha value is -1.91. The maximum absolute atomic E-state index is 2.76. The lowest BCUT2D eigenvalue weighted by Gasteiger charge is -2.06. The third-order valence-electron chi connectivity index (χ3n) is 3.79.